The maximum Gasteiger partial charge on any atom is 0.401 e. The summed E-state index contributed by atoms with van der Waals surface area (Å²) in [7, 11) is 1.37. The van der Waals surface area contributed by atoms with Crippen LogP contribution in [0.5, 0.6) is 11.5 Å². The average molecular weight is 314 g/mol. The van der Waals surface area contributed by atoms with Crippen LogP contribution < -0.4 is 10.1 Å². The molecule has 3 nitrogen and oxygen atoms in total. The summed E-state index contributed by atoms with van der Waals surface area (Å²) in [6.07, 6.45) is -4.24. The van der Waals surface area contributed by atoms with Gasteiger partial charge < -0.3 is 15.2 Å². The normalized spacial score (nSPS) is 11.6. The van der Waals surface area contributed by atoms with E-state index in [0.29, 0.717) is 10.0 Å². The minimum Gasteiger partial charge on any atom is -0.503 e. The van der Waals surface area contributed by atoms with Crippen LogP contribution in [0.1, 0.15) is 5.56 Å². The quantitative estimate of drug-likeness (QED) is 0.898. The van der Waals surface area contributed by atoms with Crippen molar-refractivity contribution < 1.29 is 23.0 Å². The summed E-state index contributed by atoms with van der Waals surface area (Å²) in [5.74, 6) is 0.134. The number of benzene rings is 1. The lowest BCUT2D eigenvalue weighted by Crippen LogP contribution is -2.28. The molecule has 17 heavy (non-hydrogen) atoms. The predicted octanol–water partition coefficient (Wildman–Crippen LogP) is 2.82. The lowest BCUT2D eigenvalue weighted by molar-refractivity contribution is -0.125. The third-order valence-corrected chi connectivity index (χ3v) is 2.57. The van der Waals surface area contributed by atoms with E-state index in [1.165, 1.54) is 19.2 Å². The highest BCUT2D eigenvalue weighted by Gasteiger charge is 2.26. The third kappa shape index (κ3) is 4.43. The molecule has 0 unspecified atom stereocenters. The fourth-order valence-electron chi connectivity index (χ4n) is 1.23. The molecule has 0 heterocycles. The Morgan fingerprint density at radius 1 is 1.41 bits per heavy atom. The zero-order chi connectivity index (χ0) is 13.1. The van der Waals surface area contributed by atoms with Gasteiger partial charge in [-0.2, -0.15) is 13.2 Å². The molecule has 1 rings (SSSR count). The molecule has 0 bridgehead atoms. The number of rotatable bonds is 4. The van der Waals surface area contributed by atoms with E-state index in [1.807, 2.05) is 0 Å². The molecule has 0 fully saturated rings. The Labute approximate surface area is 105 Å². The lowest BCUT2D eigenvalue weighted by atomic mass is 10.2. The fourth-order valence-corrected chi connectivity index (χ4v) is 1.72. The number of alkyl halides is 3. The molecular formula is C10H11BrF3NO2. The smallest absolute Gasteiger partial charge is 0.401 e. The van der Waals surface area contributed by atoms with Crippen LogP contribution in [0.25, 0.3) is 0 Å². The number of hydrogen-bond acceptors (Lipinski definition) is 3. The topological polar surface area (TPSA) is 41.5 Å². The number of methoxy groups -OCH3 is 1. The van der Waals surface area contributed by atoms with Crippen molar-refractivity contribution in [1.82, 2.24) is 5.32 Å². The molecule has 7 heteroatoms. The van der Waals surface area contributed by atoms with Crippen LogP contribution in [0, 0.1) is 0 Å². The van der Waals surface area contributed by atoms with Crippen molar-refractivity contribution >= 4 is 15.9 Å². The van der Waals surface area contributed by atoms with E-state index in [9.17, 15) is 18.3 Å². The van der Waals surface area contributed by atoms with Gasteiger partial charge in [0.2, 0.25) is 0 Å². The molecule has 0 spiro atoms. The van der Waals surface area contributed by atoms with Gasteiger partial charge in [-0.15, -0.1) is 0 Å². The van der Waals surface area contributed by atoms with Gasteiger partial charge in [0.1, 0.15) is 0 Å². The molecule has 0 radical (unpaired) electrons. The van der Waals surface area contributed by atoms with Crippen molar-refractivity contribution in [3.05, 3.63) is 22.2 Å². The van der Waals surface area contributed by atoms with Crippen molar-refractivity contribution in [3.8, 4) is 11.5 Å². The van der Waals surface area contributed by atoms with Gasteiger partial charge >= 0.3 is 6.18 Å². The van der Waals surface area contributed by atoms with Crippen LogP contribution in [0.3, 0.4) is 0 Å². The number of aromatic hydroxyl groups is 1. The molecule has 0 aliphatic heterocycles. The molecule has 0 aliphatic rings. The summed E-state index contributed by atoms with van der Waals surface area (Å²) < 4.78 is 41.0. The second kappa shape index (κ2) is 5.59. The highest BCUT2D eigenvalue weighted by molar-refractivity contribution is 9.10. The highest BCUT2D eigenvalue weighted by Crippen LogP contribution is 2.35. The molecular weight excluding hydrogens is 303 g/mol. The van der Waals surface area contributed by atoms with E-state index < -0.39 is 12.7 Å². The monoisotopic (exact) mass is 313 g/mol. The van der Waals surface area contributed by atoms with Crippen LogP contribution in [0.2, 0.25) is 0 Å². The largest absolute Gasteiger partial charge is 0.503 e. The van der Waals surface area contributed by atoms with Crippen molar-refractivity contribution in [2.45, 2.75) is 12.7 Å². The zero-order valence-electron chi connectivity index (χ0n) is 8.94. The Kier molecular flexibility index (Phi) is 4.64. The number of ether oxygens (including phenoxy) is 1. The van der Waals surface area contributed by atoms with Crippen LogP contribution >= 0.6 is 15.9 Å². The SMILES string of the molecule is COc1cc(CNCC(F)(F)F)cc(Br)c1O. The Morgan fingerprint density at radius 3 is 2.59 bits per heavy atom. The Balaban J connectivity index is 2.69. The van der Waals surface area contributed by atoms with Crippen LogP contribution in [-0.2, 0) is 6.54 Å². The van der Waals surface area contributed by atoms with Crippen molar-refractivity contribution in [3.63, 3.8) is 0 Å². The predicted molar refractivity (Wildman–Crippen MR) is 60.1 cm³/mol. The minimum atomic E-state index is -4.24. The van der Waals surface area contributed by atoms with E-state index in [1.54, 1.807) is 0 Å². The standard InChI is InChI=1S/C10H11BrF3NO2/c1-17-8-3-6(2-7(11)9(8)16)4-15-5-10(12,13)14/h2-3,15-16H,4-5H2,1H3. The van der Waals surface area contributed by atoms with Crippen LogP contribution in [-0.4, -0.2) is 24.9 Å². The molecule has 1 aromatic carbocycles. The van der Waals surface area contributed by atoms with E-state index in [-0.39, 0.29) is 18.0 Å². The fraction of sp³-hybridized carbons (Fsp3) is 0.400. The van der Waals surface area contributed by atoms with Crippen molar-refractivity contribution in [2.24, 2.45) is 0 Å². The lowest BCUT2D eigenvalue weighted by Gasteiger charge is -2.11. The van der Waals surface area contributed by atoms with Gasteiger partial charge in [-0.25, -0.2) is 0 Å². The average Bonchev–Trinajstić information content (AvgIpc) is 2.21. The Hall–Kier alpha value is -0.950. The molecule has 1 aromatic rings. The van der Waals surface area contributed by atoms with Gasteiger partial charge in [0.05, 0.1) is 18.1 Å². The molecule has 2 N–H and O–H groups in total. The highest BCUT2D eigenvalue weighted by atomic mass is 79.9. The van der Waals surface area contributed by atoms with Gasteiger partial charge in [0.15, 0.2) is 11.5 Å². The summed E-state index contributed by atoms with van der Waals surface area (Å²) in [5, 5.41) is 11.8. The summed E-state index contributed by atoms with van der Waals surface area (Å²) >= 11 is 3.09. The minimum absolute atomic E-state index is 0.0365. The molecule has 0 atom stereocenters. The van der Waals surface area contributed by atoms with E-state index in [0.717, 1.165) is 0 Å². The maximum atomic E-state index is 11.9. The van der Waals surface area contributed by atoms with Gasteiger partial charge in [-0.3, -0.25) is 0 Å². The third-order valence-electron chi connectivity index (χ3n) is 1.96. The number of nitrogens with one attached hydrogen (secondary N) is 1. The molecule has 0 saturated carbocycles. The molecule has 0 aliphatic carbocycles. The number of halogens is 4. The number of phenols is 1. The zero-order valence-corrected chi connectivity index (χ0v) is 10.5. The first-order valence-electron chi connectivity index (χ1n) is 4.66. The maximum absolute atomic E-state index is 11.9. The second-order valence-electron chi connectivity index (χ2n) is 3.35. The first-order chi connectivity index (χ1) is 7.83. The summed E-state index contributed by atoms with van der Waals surface area (Å²) in [6.45, 7) is -1.03. The van der Waals surface area contributed by atoms with Gasteiger partial charge in [0.25, 0.3) is 0 Å². The molecule has 0 saturated heterocycles. The van der Waals surface area contributed by atoms with Gasteiger partial charge in [-0.1, -0.05) is 0 Å². The van der Waals surface area contributed by atoms with E-state index >= 15 is 0 Å². The summed E-state index contributed by atoms with van der Waals surface area (Å²) in [5.41, 5.74) is 0.579. The Morgan fingerprint density at radius 2 is 2.06 bits per heavy atom. The van der Waals surface area contributed by atoms with Crippen molar-refractivity contribution in [2.75, 3.05) is 13.7 Å². The summed E-state index contributed by atoms with van der Waals surface area (Å²) in [4.78, 5) is 0. The first kappa shape index (κ1) is 14.1. The van der Waals surface area contributed by atoms with Crippen LogP contribution in [0.15, 0.2) is 16.6 Å². The summed E-state index contributed by atoms with van der Waals surface area (Å²) in [6, 6.07) is 3.00. The second-order valence-corrected chi connectivity index (χ2v) is 4.20. The van der Waals surface area contributed by atoms with Gasteiger partial charge in [0, 0.05) is 6.54 Å². The van der Waals surface area contributed by atoms with Gasteiger partial charge in [-0.05, 0) is 33.6 Å². The first-order valence-corrected chi connectivity index (χ1v) is 5.45. The van der Waals surface area contributed by atoms with E-state index in [2.05, 4.69) is 21.2 Å². The van der Waals surface area contributed by atoms with Crippen LogP contribution in [0.4, 0.5) is 13.2 Å². The number of hydrogen-bond donors (Lipinski definition) is 2. The van der Waals surface area contributed by atoms with Crippen molar-refractivity contribution in [1.29, 1.82) is 0 Å². The van der Waals surface area contributed by atoms with E-state index in [4.69, 9.17) is 4.74 Å². The Bertz CT molecular complexity index is 396. The molecule has 0 aromatic heterocycles. The molecule has 0 amide bonds. The molecule has 96 valence electrons. The number of phenolic OH excluding ortho intramolecular Hbond substituents is 1.